The molecule has 118 valence electrons. The molecule has 23 heavy (non-hydrogen) atoms. The van der Waals surface area contributed by atoms with Crippen LogP contribution in [0.2, 0.25) is 0 Å². The van der Waals surface area contributed by atoms with Crippen LogP contribution in [0.1, 0.15) is 0 Å². The quantitative estimate of drug-likeness (QED) is 0.544. The number of pyridine rings is 1. The van der Waals surface area contributed by atoms with Crippen molar-refractivity contribution in [3.8, 4) is 0 Å². The number of benzene rings is 1. The first-order valence-electron chi connectivity index (χ1n) is 6.47. The number of anilines is 3. The van der Waals surface area contributed by atoms with Gasteiger partial charge in [0.1, 0.15) is 11.5 Å². The van der Waals surface area contributed by atoms with E-state index in [0.717, 1.165) is 4.47 Å². The number of nitro benzene ring substituents is 1. The van der Waals surface area contributed by atoms with E-state index in [0.29, 0.717) is 17.2 Å². The first kappa shape index (κ1) is 15.2. The number of aromatic nitrogens is 3. The normalized spacial score (nSPS) is 10.7. The average Bonchev–Trinajstić information content (AvgIpc) is 2.98. The SMILES string of the molecule is CN(C)c1cc(Nc2ccc(Br)cn2)c2nonc2c1[N+](=O)[O-]. The van der Waals surface area contributed by atoms with Crippen molar-refractivity contribution >= 4 is 49.8 Å². The lowest BCUT2D eigenvalue weighted by Crippen LogP contribution is -2.12. The molecular weight excluding hydrogens is 368 g/mol. The number of fused-ring (bicyclic) bond motifs is 1. The largest absolute Gasteiger partial charge is 0.372 e. The monoisotopic (exact) mass is 378 g/mol. The second-order valence-electron chi connectivity index (χ2n) is 4.89. The van der Waals surface area contributed by atoms with E-state index in [1.807, 2.05) is 6.07 Å². The Balaban J connectivity index is 2.17. The highest BCUT2D eigenvalue weighted by Crippen LogP contribution is 2.38. The van der Waals surface area contributed by atoms with Gasteiger partial charge in [-0.2, -0.15) is 0 Å². The molecule has 0 saturated carbocycles. The molecule has 10 heteroatoms. The number of rotatable bonds is 4. The number of hydrogen-bond acceptors (Lipinski definition) is 8. The third-order valence-corrected chi connectivity index (χ3v) is 3.62. The Morgan fingerprint density at radius 3 is 2.65 bits per heavy atom. The van der Waals surface area contributed by atoms with E-state index >= 15 is 0 Å². The van der Waals surface area contributed by atoms with Crippen molar-refractivity contribution in [2.24, 2.45) is 0 Å². The Hall–Kier alpha value is -2.75. The zero-order valence-electron chi connectivity index (χ0n) is 12.1. The molecule has 0 amide bonds. The minimum absolute atomic E-state index is 0.0841. The maximum absolute atomic E-state index is 11.4. The van der Waals surface area contributed by atoms with Gasteiger partial charge in [0.2, 0.25) is 5.52 Å². The molecule has 0 radical (unpaired) electrons. The molecular formula is C13H11BrN6O3. The van der Waals surface area contributed by atoms with Gasteiger partial charge in [0.15, 0.2) is 5.52 Å². The lowest BCUT2D eigenvalue weighted by atomic mass is 10.2. The van der Waals surface area contributed by atoms with Gasteiger partial charge in [-0.05, 0) is 44.4 Å². The van der Waals surface area contributed by atoms with Crippen LogP contribution in [-0.4, -0.2) is 34.3 Å². The molecule has 3 aromatic rings. The average molecular weight is 379 g/mol. The van der Waals surface area contributed by atoms with Crippen LogP contribution in [0, 0.1) is 10.1 Å². The van der Waals surface area contributed by atoms with Crippen molar-refractivity contribution in [3.63, 3.8) is 0 Å². The van der Waals surface area contributed by atoms with Crippen LogP contribution in [0.3, 0.4) is 0 Å². The fourth-order valence-electron chi connectivity index (χ4n) is 2.12. The van der Waals surface area contributed by atoms with Crippen LogP contribution in [0.5, 0.6) is 0 Å². The smallest absolute Gasteiger partial charge is 0.323 e. The molecule has 0 aliphatic carbocycles. The summed E-state index contributed by atoms with van der Waals surface area (Å²) in [7, 11) is 3.42. The molecule has 0 saturated heterocycles. The summed E-state index contributed by atoms with van der Waals surface area (Å²) in [5.74, 6) is 0.566. The molecule has 1 N–H and O–H groups in total. The van der Waals surface area contributed by atoms with Crippen molar-refractivity contribution in [3.05, 3.63) is 39.0 Å². The van der Waals surface area contributed by atoms with Crippen LogP contribution in [0.25, 0.3) is 11.0 Å². The molecule has 0 bridgehead atoms. The van der Waals surface area contributed by atoms with Gasteiger partial charge in [-0.1, -0.05) is 0 Å². The molecule has 0 fully saturated rings. The van der Waals surface area contributed by atoms with E-state index < -0.39 is 4.92 Å². The van der Waals surface area contributed by atoms with Crippen molar-refractivity contribution in [2.45, 2.75) is 0 Å². The summed E-state index contributed by atoms with van der Waals surface area (Å²) in [6.45, 7) is 0. The minimum Gasteiger partial charge on any atom is -0.372 e. The van der Waals surface area contributed by atoms with Crippen molar-refractivity contribution < 1.29 is 9.55 Å². The van der Waals surface area contributed by atoms with Gasteiger partial charge in [-0.25, -0.2) is 9.61 Å². The molecule has 0 aliphatic rings. The zero-order chi connectivity index (χ0) is 16.6. The van der Waals surface area contributed by atoms with Crippen LogP contribution < -0.4 is 10.2 Å². The molecule has 0 unspecified atom stereocenters. The van der Waals surface area contributed by atoms with Crippen molar-refractivity contribution in [1.82, 2.24) is 15.3 Å². The first-order chi connectivity index (χ1) is 11.0. The zero-order valence-corrected chi connectivity index (χ0v) is 13.7. The summed E-state index contributed by atoms with van der Waals surface area (Å²) in [6, 6.07) is 5.21. The molecule has 0 spiro atoms. The van der Waals surface area contributed by atoms with Gasteiger partial charge < -0.3 is 10.2 Å². The highest BCUT2D eigenvalue weighted by molar-refractivity contribution is 9.10. The Labute approximate surface area is 138 Å². The fourth-order valence-corrected chi connectivity index (χ4v) is 2.35. The molecule has 2 heterocycles. The third kappa shape index (κ3) is 2.80. The fraction of sp³-hybridized carbons (Fsp3) is 0.154. The number of nitrogens with one attached hydrogen (secondary N) is 1. The molecule has 0 aliphatic heterocycles. The third-order valence-electron chi connectivity index (χ3n) is 3.15. The van der Waals surface area contributed by atoms with Gasteiger partial charge in [0.25, 0.3) is 0 Å². The van der Waals surface area contributed by atoms with E-state index in [9.17, 15) is 10.1 Å². The Kier molecular flexibility index (Phi) is 3.82. The predicted molar refractivity (Wildman–Crippen MR) is 88.0 cm³/mol. The van der Waals surface area contributed by atoms with Crippen LogP contribution in [0.15, 0.2) is 33.5 Å². The topological polar surface area (TPSA) is 110 Å². The summed E-state index contributed by atoms with van der Waals surface area (Å²) in [5, 5.41) is 21.9. The molecule has 9 nitrogen and oxygen atoms in total. The summed E-state index contributed by atoms with van der Waals surface area (Å²) >= 11 is 3.31. The van der Waals surface area contributed by atoms with E-state index in [4.69, 9.17) is 4.63 Å². The van der Waals surface area contributed by atoms with Crippen LogP contribution >= 0.6 is 15.9 Å². The molecule has 2 aromatic heterocycles. The summed E-state index contributed by atoms with van der Waals surface area (Å²) in [4.78, 5) is 16.7. The summed E-state index contributed by atoms with van der Waals surface area (Å²) in [6.07, 6.45) is 1.64. The minimum atomic E-state index is -0.497. The van der Waals surface area contributed by atoms with E-state index in [1.54, 1.807) is 37.3 Å². The van der Waals surface area contributed by atoms with Gasteiger partial charge in [0.05, 0.1) is 10.6 Å². The van der Waals surface area contributed by atoms with Gasteiger partial charge in [-0.15, -0.1) is 0 Å². The number of hydrogen-bond donors (Lipinski definition) is 1. The second kappa shape index (κ2) is 5.80. The van der Waals surface area contributed by atoms with E-state index in [-0.39, 0.29) is 16.7 Å². The lowest BCUT2D eigenvalue weighted by molar-refractivity contribution is -0.382. The van der Waals surface area contributed by atoms with Crippen LogP contribution in [-0.2, 0) is 0 Å². The Bertz CT molecular complexity index is 877. The second-order valence-corrected chi connectivity index (χ2v) is 5.81. The molecule has 3 rings (SSSR count). The predicted octanol–water partition coefficient (Wildman–Crippen LogP) is 3.10. The van der Waals surface area contributed by atoms with Gasteiger partial charge in [0, 0.05) is 24.8 Å². The highest BCUT2D eigenvalue weighted by Gasteiger charge is 2.26. The number of halogens is 1. The van der Waals surface area contributed by atoms with Crippen molar-refractivity contribution in [2.75, 3.05) is 24.3 Å². The lowest BCUT2D eigenvalue weighted by Gasteiger charge is -2.14. The Morgan fingerprint density at radius 2 is 2.04 bits per heavy atom. The number of nitro groups is 1. The maximum atomic E-state index is 11.4. The summed E-state index contributed by atoms with van der Waals surface area (Å²) < 4.78 is 5.54. The van der Waals surface area contributed by atoms with Crippen LogP contribution in [0.4, 0.5) is 22.9 Å². The standard InChI is InChI=1S/C13H11BrN6O3/c1-19(2)9-5-8(16-10-4-3-7(14)6-15-10)11-12(18-23-17-11)13(9)20(21)22/h3-6H,1-2H3,(H,15,16). The van der Waals surface area contributed by atoms with Crippen molar-refractivity contribution in [1.29, 1.82) is 0 Å². The Morgan fingerprint density at radius 1 is 1.30 bits per heavy atom. The number of nitrogens with zero attached hydrogens (tertiary/aromatic N) is 5. The van der Waals surface area contributed by atoms with Gasteiger partial charge >= 0.3 is 5.69 Å². The first-order valence-corrected chi connectivity index (χ1v) is 7.26. The van der Waals surface area contributed by atoms with E-state index in [2.05, 4.69) is 36.5 Å². The maximum Gasteiger partial charge on any atom is 0.323 e. The highest BCUT2D eigenvalue weighted by atomic mass is 79.9. The summed E-state index contributed by atoms with van der Waals surface area (Å²) in [5.41, 5.74) is 1.11. The molecule has 0 atom stereocenters. The van der Waals surface area contributed by atoms with E-state index in [1.165, 1.54) is 0 Å². The van der Waals surface area contributed by atoms with Gasteiger partial charge in [-0.3, -0.25) is 10.1 Å². The molecule has 1 aromatic carbocycles.